The van der Waals surface area contributed by atoms with Gasteiger partial charge in [0.25, 0.3) is 5.69 Å². The summed E-state index contributed by atoms with van der Waals surface area (Å²) in [5.41, 5.74) is -1.32. The second-order valence-electron chi connectivity index (χ2n) is 7.38. The summed E-state index contributed by atoms with van der Waals surface area (Å²) in [6.45, 7) is 10.3. The maximum absolute atomic E-state index is 12.4. The predicted molar refractivity (Wildman–Crippen MR) is 85.4 cm³/mol. The van der Waals surface area contributed by atoms with E-state index in [1.54, 1.807) is 41.5 Å². The fraction of sp³-hybridized carbons (Fsp3) is 0.562. The van der Waals surface area contributed by atoms with Crippen LogP contribution in [0.3, 0.4) is 0 Å². The molecule has 1 heterocycles. The van der Waals surface area contributed by atoms with Crippen LogP contribution in [0.4, 0.5) is 10.5 Å². The van der Waals surface area contributed by atoms with Gasteiger partial charge in [-0.1, -0.05) is 20.8 Å². The van der Waals surface area contributed by atoms with E-state index in [9.17, 15) is 19.7 Å². The van der Waals surface area contributed by atoms with E-state index < -0.39 is 34.0 Å². The third kappa shape index (κ3) is 5.60. The molecule has 8 nitrogen and oxygen atoms in total. The third-order valence-electron chi connectivity index (χ3n) is 2.95. The molecule has 0 aliphatic rings. The summed E-state index contributed by atoms with van der Waals surface area (Å²) < 4.78 is 9.74. The summed E-state index contributed by atoms with van der Waals surface area (Å²) in [6, 6.07) is 2.63. The van der Waals surface area contributed by atoms with Gasteiger partial charge >= 0.3 is 12.1 Å². The number of pyridine rings is 1. The number of carbonyl (C=O) groups is 2. The third-order valence-corrected chi connectivity index (χ3v) is 2.95. The molecule has 24 heavy (non-hydrogen) atoms. The molecule has 0 saturated carbocycles. The van der Waals surface area contributed by atoms with Crippen LogP contribution in [0.2, 0.25) is 0 Å². The molecule has 0 amide bonds. The Morgan fingerprint density at radius 1 is 1.17 bits per heavy atom. The van der Waals surface area contributed by atoms with E-state index in [4.69, 9.17) is 9.47 Å². The molecule has 0 fully saturated rings. The van der Waals surface area contributed by atoms with Gasteiger partial charge in [-0.05, 0) is 32.3 Å². The van der Waals surface area contributed by atoms with E-state index in [2.05, 4.69) is 4.98 Å². The highest BCUT2D eigenvalue weighted by Gasteiger charge is 2.37. The Kier molecular flexibility index (Phi) is 5.65. The molecule has 8 heteroatoms. The number of carbonyl (C=O) groups excluding carboxylic acids is 2. The van der Waals surface area contributed by atoms with Gasteiger partial charge in [-0.15, -0.1) is 0 Å². The Bertz CT molecular complexity index is 625. The SMILES string of the molecule is CC(C)(C)OC(=O)OC(=O)C(c1ccc([N+](=O)[O-])cn1)C(C)(C)C. The second kappa shape index (κ2) is 6.94. The van der Waals surface area contributed by atoms with E-state index >= 15 is 0 Å². The minimum Gasteiger partial charge on any atom is -0.428 e. The topological polar surface area (TPSA) is 109 Å². The molecule has 0 spiro atoms. The summed E-state index contributed by atoms with van der Waals surface area (Å²) >= 11 is 0. The van der Waals surface area contributed by atoms with Gasteiger partial charge < -0.3 is 9.47 Å². The number of esters is 1. The first-order valence-corrected chi connectivity index (χ1v) is 7.36. The Labute approximate surface area is 140 Å². The van der Waals surface area contributed by atoms with E-state index in [0.717, 1.165) is 6.20 Å². The summed E-state index contributed by atoms with van der Waals surface area (Å²) in [7, 11) is 0. The van der Waals surface area contributed by atoms with Crippen molar-refractivity contribution < 1.29 is 24.0 Å². The van der Waals surface area contributed by atoms with Gasteiger partial charge in [0, 0.05) is 6.07 Å². The molecule has 1 aromatic heterocycles. The predicted octanol–water partition coefficient (Wildman–Crippen LogP) is 3.60. The highest BCUT2D eigenvalue weighted by molar-refractivity contribution is 5.87. The molecule has 0 radical (unpaired) electrons. The van der Waals surface area contributed by atoms with Crippen molar-refractivity contribution >= 4 is 17.8 Å². The largest absolute Gasteiger partial charge is 0.516 e. The van der Waals surface area contributed by atoms with Crippen LogP contribution in [-0.2, 0) is 14.3 Å². The molecule has 0 aliphatic carbocycles. The molecule has 0 aliphatic heterocycles. The molecule has 1 unspecified atom stereocenters. The lowest BCUT2D eigenvalue weighted by Gasteiger charge is -2.28. The number of aromatic nitrogens is 1. The summed E-state index contributed by atoms with van der Waals surface area (Å²) in [5.74, 6) is -1.70. The van der Waals surface area contributed by atoms with Gasteiger partial charge in [-0.2, -0.15) is 0 Å². The standard InChI is InChI=1S/C16H22N2O6/c1-15(2,3)12(11-8-7-10(9-17-11)18(21)22)13(19)23-14(20)24-16(4,5)6/h7-9,12H,1-6H3. The van der Waals surface area contributed by atoms with Crippen molar-refractivity contribution in [1.29, 1.82) is 0 Å². The van der Waals surface area contributed by atoms with E-state index in [1.807, 2.05) is 0 Å². The highest BCUT2D eigenvalue weighted by atomic mass is 16.7. The number of hydrogen-bond donors (Lipinski definition) is 0. The fourth-order valence-corrected chi connectivity index (χ4v) is 2.01. The summed E-state index contributed by atoms with van der Waals surface area (Å²) in [5, 5.41) is 10.7. The lowest BCUT2D eigenvalue weighted by Crippen LogP contribution is -2.33. The minimum absolute atomic E-state index is 0.188. The quantitative estimate of drug-likeness (QED) is 0.358. The normalized spacial score (nSPS) is 13.1. The van der Waals surface area contributed by atoms with Crippen molar-refractivity contribution in [2.45, 2.75) is 53.1 Å². The lowest BCUT2D eigenvalue weighted by atomic mass is 9.78. The number of rotatable bonds is 3. The molecule has 1 rings (SSSR count). The highest BCUT2D eigenvalue weighted by Crippen LogP contribution is 2.35. The molecule has 0 saturated heterocycles. The van der Waals surface area contributed by atoms with Crippen LogP contribution < -0.4 is 0 Å². The van der Waals surface area contributed by atoms with Gasteiger partial charge in [-0.3, -0.25) is 19.9 Å². The second-order valence-corrected chi connectivity index (χ2v) is 7.38. The average molecular weight is 338 g/mol. The van der Waals surface area contributed by atoms with Crippen LogP contribution in [-0.4, -0.2) is 27.6 Å². The average Bonchev–Trinajstić information content (AvgIpc) is 2.34. The Morgan fingerprint density at radius 2 is 1.75 bits per heavy atom. The van der Waals surface area contributed by atoms with Gasteiger partial charge in [0.2, 0.25) is 0 Å². The van der Waals surface area contributed by atoms with Crippen molar-refractivity contribution in [3.05, 3.63) is 34.1 Å². The number of hydrogen-bond acceptors (Lipinski definition) is 7. The van der Waals surface area contributed by atoms with E-state index in [0.29, 0.717) is 0 Å². The van der Waals surface area contributed by atoms with Crippen LogP contribution in [0, 0.1) is 15.5 Å². The first-order chi connectivity index (χ1) is 10.8. The number of nitrogens with zero attached hydrogens (tertiary/aromatic N) is 2. The van der Waals surface area contributed by atoms with Crippen LogP contribution in [0.15, 0.2) is 18.3 Å². The van der Waals surface area contributed by atoms with Crippen LogP contribution >= 0.6 is 0 Å². The van der Waals surface area contributed by atoms with E-state index in [1.165, 1.54) is 12.1 Å². The molecule has 0 bridgehead atoms. The van der Waals surface area contributed by atoms with Crippen molar-refractivity contribution in [2.75, 3.05) is 0 Å². The van der Waals surface area contributed by atoms with Crippen molar-refractivity contribution in [2.24, 2.45) is 5.41 Å². The molecule has 1 atom stereocenters. The maximum atomic E-state index is 12.4. The first-order valence-electron chi connectivity index (χ1n) is 7.36. The smallest absolute Gasteiger partial charge is 0.428 e. The molecular formula is C16H22N2O6. The Hall–Kier alpha value is -2.51. The minimum atomic E-state index is -1.09. The van der Waals surface area contributed by atoms with Gasteiger partial charge in [-0.25, -0.2) is 4.79 Å². The fourth-order valence-electron chi connectivity index (χ4n) is 2.01. The molecule has 0 aromatic carbocycles. The Morgan fingerprint density at radius 3 is 2.12 bits per heavy atom. The number of nitro groups is 1. The summed E-state index contributed by atoms with van der Waals surface area (Å²) in [4.78, 5) is 38.2. The maximum Gasteiger partial charge on any atom is 0.516 e. The van der Waals surface area contributed by atoms with Gasteiger partial charge in [0.1, 0.15) is 17.7 Å². The van der Waals surface area contributed by atoms with E-state index in [-0.39, 0.29) is 11.4 Å². The zero-order valence-electron chi connectivity index (χ0n) is 14.7. The van der Waals surface area contributed by atoms with Gasteiger partial charge in [0.15, 0.2) is 0 Å². The molecular weight excluding hydrogens is 316 g/mol. The zero-order valence-corrected chi connectivity index (χ0v) is 14.7. The summed E-state index contributed by atoms with van der Waals surface area (Å²) in [6.07, 6.45) is -0.0295. The van der Waals surface area contributed by atoms with Crippen molar-refractivity contribution in [3.8, 4) is 0 Å². The molecule has 1 aromatic rings. The zero-order chi connectivity index (χ0) is 18.7. The van der Waals surface area contributed by atoms with Gasteiger partial charge in [0.05, 0.1) is 10.6 Å². The Balaban J connectivity index is 3.03. The van der Waals surface area contributed by atoms with Crippen LogP contribution in [0.5, 0.6) is 0 Å². The van der Waals surface area contributed by atoms with Crippen LogP contribution in [0.25, 0.3) is 0 Å². The molecule has 0 N–H and O–H groups in total. The molecule has 132 valence electrons. The van der Waals surface area contributed by atoms with Crippen LogP contribution in [0.1, 0.15) is 53.2 Å². The van der Waals surface area contributed by atoms with Crippen molar-refractivity contribution in [1.82, 2.24) is 4.98 Å². The number of ether oxygens (including phenoxy) is 2. The monoisotopic (exact) mass is 338 g/mol. The first kappa shape index (κ1) is 19.5. The lowest BCUT2D eigenvalue weighted by molar-refractivity contribution is -0.385. The van der Waals surface area contributed by atoms with Crippen molar-refractivity contribution in [3.63, 3.8) is 0 Å².